The zero-order valence-corrected chi connectivity index (χ0v) is 14.8. The molecule has 2 amide bonds. The standard InChI is InChI=1S/C16H21N5O3S/c1-2-20-11-15(18-19-20)17-16(22)21(10-13-6-4-3-5-7-13)14-8-9-25(23,24)12-14/h3-7,11,14H,2,8-10,12H2,1H3,(H,17,22). The van der Waals surface area contributed by atoms with Crippen molar-refractivity contribution in [1.29, 1.82) is 0 Å². The normalized spacial score (nSPS) is 18.8. The summed E-state index contributed by atoms with van der Waals surface area (Å²) in [5, 5.41) is 10.5. The van der Waals surface area contributed by atoms with Gasteiger partial charge in [0.15, 0.2) is 15.7 Å². The number of nitrogens with zero attached hydrogens (tertiary/aromatic N) is 4. The zero-order valence-electron chi connectivity index (χ0n) is 14.0. The summed E-state index contributed by atoms with van der Waals surface area (Å²) in [7, 11) is -3.09. The maximum Gasteiger partial charge on any atom is 0.323 e. The third-order valence-electron chi connectivity index (χ3n) is 4.20. The van der Waals surface area contributed by atoms with E-state index < -0.39 is 9.84 Å². The van der Waals surface area contributed by atoms with Gasteiger partial charge in [0.1, 0.15) is 0 Å². The van der Waals surface area contributed by atoms with Gasteiger partial charge >= 0.3 is 6.03 Å². The van der Waals surface area contributed by atoms with Gasteiger partial charge in [0.25, 0.3) is 0 Å². The van der Waals surface area contributed by atoms with E-state index in [9.17, 15) is 13.2 Å². The minimum Gasteiger partial charge on any atom is -0.316 e. The summed E-state index contributed by atoms with van der Waals surface area (Å²) < 4.78 is 25.3. The fourth-order valence-corrected chi connectivity index (χ4v) is 4.59. The number of urea groups is 1. The van der Waals surface area contributed by atoms with Gasteiger partial charge in [0, 0.05) is 19.1 Å². The number of hydrogen-bond donors (Lipinski definition) is 1. The van der Waals surface area contributed by atoms with Crippen LogP contribution in [0.5, 0.6) is 0 Å². The Balaban J connectivity index is 1.78. The monoisotopic (exact) mass is 363 g/mol. The third kappa shape index (κ3) is 4.36. The maximum atomic E-state index is 12.8. The van der Waals surface area contributed by atoms with E-state index in [2.05, 4.69) is 15.6 Å². The third-order valence-corrected chi connectivity index (χ3v) is 5.95. The smallest absolute Gasteiger partial charge is 0.316 e. The van der Waals surface area contributed by atoms with E-state index in [4.69, 9.17) is 0 Å². The van der Waals surface area contributed by atoms with E-state index in [1.165, 1.54) is 0 Å². The molecule has 1 aliphatic rings. The molecule has 0 aliphatic carbocycles. The molecule has 2 heterocycles. The molecule has 1 aromatic carbocycles. The minimum absolute atomic E-state index is 0.00506. The highest BCUT2D eigenvalue weighted by Crippen LogP contribution is 2.21. The number of aryl methyl sites for hydroxylation is 1. The van der Waals surface area contributed by atoms with Gasteiger partial charge in [-0.25, -0.2) is 13.2 Å². The van der Waals surface area contributed by atoms with Crippen LogP contribution in [0.2, 0.25) is 0 Å². The van der Waals surface area contributed by atoms with Crippen LogP contribution in [-0.2, 0) is 22.9 Å². The number of benzene rings is 1. The average Bonchev–Trinajstić information content (AvgIpc) is 3.19. The highest BCUT2D eigenvalue weighted by Gasteiger charge is 2.35. The summed E-state index contributed by atoms with van der Waals surface area (Å²) in [6, 6.07) is 8.80. The molecule has 3 rings (SSSR count). The van der Waals surface area contributed by atoms with Crippen LogP contribution in [0.15, 0.2) is 36.5 Å². The molecule has 0 spiro atoms. The Labute approximate surface area is 146 Å². The highest BCUT2D eigenvalue weighted by molar-refractivity contribution is 7.91. The van der Waals surface area contributed by atoms with E-state index in [0.717, 1.165) is 5.56 Å². The van der Waals surface area contributed by atoms with Crippen LogP contribution >= 0.6 is 0 Å². The van der Waals surface area contributed by atoms with Crippen molar-refractivity contribution >= 4 is 21.7 Å². The van der Waals surface area contributed by atoms with Crippen molar-refractivity contribution in [3.63, 3.8) is 0 Å². The van der Waals surface area contributed by atoms with Gasteiger partial charge in [0.05, 0.1) is 17.7 Å². The predicted octanol–water partition coefficient (Wildman–Crippen LogP) is 1.52. The van der Waals surface area contributed by atoms with E-state index in [-0.39, 0.29) is 23.6 Å². The van der Waals surface area contributed by atoms with Gasteiger partial charge in [-0.1, -0.05) is 35.5 Å². The van der Waals surface area contributed by atoms with Crippen molar-refractivity contribution in [2.45, 2.75) is 32.5 Å². The molecule has 1 aromatic heterocycles. The molecule has 1 N–H and O–H groups in total. The summed E-state index contributed by atoms with van der Waals surface area (Å²) in [6.45, 7) is 2.91. The molecule has 2 aromatic rings. The van der Waals surface area contributed by atoms with Crippen molar-refractivity contribution < 1.29 is 13.2 Å². The molecular formula is C16H21N5O3S. The predicted molar refractivity (Wildman–Crippen MR) is 93.8 cm³/mol. The second-order valence-electron chi connectivity index (χ2n) is 6.06. The fraction of sp³-hybridized carbons (Fsp3) is 0.438. The van der Waals surface area contributed by atoms with Crippen molar-refractivity contribution in [1.82, 2.24) is 19.9 Å². The van der Waals surface area contributed by atoms with Crippen LogP contribution in [0.4, 0.5) is 10.6 Å². The maximum absolute atomic E-state index is 12.8. The number of rotatable bonds is 5. The Bertz CT molecular complexity index is 834. The van der Waals surface area contributed by atoms with Gasteiger partial charge in [0.2, 0.25) is 0 Å². The Morgan fingerprint density at radius 1 is 1.36 bits per heavy atom. The zero-order chi connectivity index (χ0) is 17.9. The van der Waals surface area contributed by atoms with E-state index in [0.29, 0.717) is 25.3 Å². The van der Waals surface area contributed by atoms with Gasteiger partial charge in [-0.05, 0) is 18.9 Å². The number of amides is 2. The molecule has 134 valence electrons. The van der Waals surface area contributed by atoms with E-state index in [1.54, 1.807) is 15.8 Å². The largest absolute Gasteiger partial charge is 0.323 e. The van der Waals surface area contributed by atoms with Crippen LogP contribution < -0.4 is 5.32 Å². The number of carbonyl (C=O) groups is 1. The number of anilines is 1. The van der Waals surface area contributed by atoms with Crippen molar-refractivity contribution in [3.8, 4) is 0 Å². The van der Waals surface area contributed by atoms with Gasteiger partial charge in [-0.2, -0.15) is 0 Å². The lowest BCUT2D eigenvalue weighted by molar-refractivity contribution is 0.190. The van der Waals surface area contributed by atoms with E-state index >= 15 is 0 Å². The molecule has 9 heteroatoms. The Morgan fingerprint density at radius 2 is 2.12 bits per heavy atom. The molecule has 1 unspecified atom stereocenters. The number of sulfone groups is 1. The number of aromatic nitrogens is 3. The summed E-state index contributed by atoms with van der Waals surface area (Å²) in [5.74, 6) is 0.461. The van der Waals surface area contributed by atoms with Gasteiger partial charge in [-0.3, -0.25) is 10.00 Å². The van der Waals surface area contributed by atoms with Crippen molar-refractivity contribution in [3.05, 3.63) is 42.1 Å². The summed E-state index contributed by atoms with van der Waals surface area (Å²) >= 11 is 0. The molecule has 1 saturated heterocycles. The first-order chi connectivity index (χ1) is 12.0. The highest BCUT2D eigenvalue weighted by atomic mass is 32.2. The Kier molecular flexibility index (Phi) is 5.03. The second kappa shape index (κ2) is 7.22. The summed E-state index contributed by atoms with van der Waals surface area (Å²) in [4.78, 5) is 14.3. The average molecular weight is 363 g/mol. The fourth-order valence-electron chi connectivity index (χ4n) is 2.86. The molecule has 1 atom stereocenters. The van der Waals surface area contributed by atoms with Crippen LogP contribution in [-0.4, -0.2) is 51.9 Å². The Hall–Kier alpha value is -2.42. The van der Waals surface area contributed by atoms with Gasteiger partial charge < -0.3 is 4.90 Å². The Morgan fingerprint density at radius 3 is 2.72 bits per heavy atom. The SMILES string of the molecule is CCn1cc(NC(=O)N(Cc2ccccc2)C2CCS(=O)(=O)C2)nn1. The number of nitrogens with one attached hydrogen (secondary N) is 1. The lowest BCUT2D eigenvalue weighted by Crippen LogP contribution is -2.43. The van der Waals surface area contributed by atoms with E-state index in [1.807, 2.05) is 37.3 Å². The van der Waals surface area contributed by atoms with Crippen molar-refractivity contribution in [2.24, 2.45) is 0 Å². The van der Waals surface area contributed by atoms with Crippen LogP contribution in [0.3, 0.4) is 0 Å². The molecule has 1 fully saturated rings. The second-order valence-corrected chi connectivity index (χ2v) is 8.29. The number of hydrogen-bond acceptors (Lipinski definition) is 5. The first-order valence-electron chi connectivity index (χ1n) is 8.19. The first-order valence-corrected chi connectivity index (χ1v) is 10.0. The molecule has 0 radical (unpaired) electrons. The lowest BCUT2D eigenvalue weighted by Gasteiger charge is -2.28. The van der Waals surface area contributed by atoms with Crippen molar-refractivity contribution in [2.75, 3.05) is 16.8 Å². The van der Waals surface area contributed by atoms with Crippen LogP contribution in [0.1, 0.15) is 18.9 Å². The first kappa shape index (κ1) is 17.4. The summed E-state index contributed by atoms with van der Waals surface area (Å²) in [5.41, 5.74) is 0.944. The molecular weight excluding hydrogens is 342 g/mol. The number of carbonyl (C=O) groups excluding carboxylic acids is 1. The minimum atomic E-state index is -3.09. The lowest BCUT2D eigenvalue weighted by atomic mass is 10.1. The summed E-state index contributed by atoms with van der Waals surface area (Å²) in [6.07, 6.45) is 2.09. The molecule has 8 nitrogen and oxygen atoms in total. The van der Waals surface area contributed by atoms with Gasteiger partial charge in [-0.15, -0.1) is 5.10 Å². The molecule has 0 saturated carbocycles. The van der Waals surface area contributed by atoms with Crippen LogP contribution in [0, 0.1) is 0 Å². The van der Waals surface area contributed by atoms with Crippen LogP contribution in [0.25, 0.3) is 0 Å². The molecule has 25 heavy (non-hydrogen) atoms. The molecule has 0 bridgehead atoms. The molecule has 1 aliphatic heterocycles. The quantitative estimate of drug-likeness (QED) is 0.869. The topological polar surface area (TPSA) is 97.2 Å².